The maximum atomic E-state index is 10.1. The fourth-order valence-corrected chi connectivity index (χ4v) is 2.36. The van der Waals surface area contributed by atoms with Gasteiger partial charge < -0.3 is 15.7 Å². The van der Waals surface area contributed by atoms with Crippen LogP contribution < -0.4 is 10.6 Å². The van der Waals surface area contributed by atoms with Crippen molar-refractivity contribution < 1.29 is 5.11 Å². The summed E-state index contributed by atoms with van der Waals surface area (Å²) in [7, 11) is 0. The molecule has 0 saturated heterocycles. The molecule has 16 heavy (non-hydrogen) atoms. The summed E-state index contributed by atoms with van der Waals surface area (Å²) in [6.45, 7) is 6.93. The number of guanidine groups is 1. The van der Waals surface area contributed by atoms with E-state index in [4.69, 9.17) is 0 Å². The Morgan fingerprint density at radius 2 is 2.25 bits per heavy atom. The number of nitrogens with zero attached hydrogens (tertiary/aromatic N) is 1. The number of aliphatic hydroxyl groups is 1. The molecule has 0 spiro atoms. The van der Waals surface area contributed by atoms with Gasteiger partial charge in [0.15, 0.2) is 5.96 Å². The van der Waals surface area contributed by atoms with Crippen LogP contribution in [0.25, 0.3) is 0 Å². The van der Waals surface area contributed by atoms with Crippen molar-refractivity contribution in [3.8, 4) is 0 Å². The Hall–Kier alpha value is -0.770. The summed E-state index contributed by atoms with van der Waals surface area (Å²) < 4.78 is 0. The third-order valence-corrected chi connectivity index (χ3v) is 3.66. The topological polar surface area (TPSA) is 56.6 Å². The Morgan fingerprint density at radius 3 is 2.75 bits per heavy atom. The lowest BCUT2D eigenvalue weighted by molar-refractivity contribution is 0.0524. The maximum absolute atomic E-state index is 10.1. The van der Waals surface area contributed by atoms with Crippen LogP contribution in [0.2, 0.25) is 0 Å². The minimum absolute atomic E-state index is 0.107. The average Bonchev–Trinajstić information content (AvgIpc) is 3.08. The van der Waals surface area contributed by atoms with Crippen molar-refractivity contribution in [1.82, 2.24) is 10.6 Å². The van der Waals surface area contributed by atoms with E-state index in [9.17, 15) is 5.11 Å². The van der Waals surface area contributed by atoms with Crippen LogP contribution >= 0.6 is 0 Å². The van der Waals surface area contributed by atoms with Crippen LogP contribution in [0, 0.1) is 11.3 Å². The summed E-state index contributed by atoms with van der Waals surface area (Å²) in [5.41, 5.74) is 0.107. The zero-order valence-corrected chi connectivity index (χ0v) is 10.3. The van der Waals surface area contributed by atoms with E-state index in [2.05, 4.69) is 29.5 Å². The highest BCUT2D eigenvalue weighted by Crippen LogP contribution is 2.50. The number of hydrogen-bond donors (Lipinski definition) is 3. The minimum atomic E-state index is -0.191. The molecule has 1 saturated carbocycles. The fourth-order valence-electron chi connectivity index (χ4n) is 2.36. The lowest BCUT2D eigenvalue weighted by atomic mass is 9.90. The van der Waals surface area contributed by atoms with Crippen molar-refractivity contribution in [2.75, 3.05) is 19.6 Å². The summed E-state index contributed by atoms with van der Waals surface area (Å²) in [6.07, 6.45) is 3.19. The van der Waals surface area contributed by atoms with Gasteiger partial charge in [0.2, 0.25) is 0 Å². The molecular weight excluding hydrogens is 202 g/mol. The number of hydrogen-bond acceptors (Lipinski definition) is 4. The minimum Gasteiger partial charge on any atom is -0.392 e. The number of nitrogens with one attached hydrogen (secondary N) is 2. The van der Waals surface area contributed by atoms with Crippen LogP contribution in [0.4, 0.5) is 0 Å². The molecule has 3 N–H and O–H groups in total. The largest absolute Gasteiger partial charge is 0.392 e. The second kappa shape index (κ2) is 4.62. The monoisotopic (exact) mass is 225 g/mol. The van der Waals surface area contributed by atoms with Crippen LogP contribution in [0.15, 0.2) is 4.99 Å². The Kier molecular flexibility index (Phi) is 3.38. The lowest BCUT2D eigenvalue weighted by Gasteiger charge is -2.27. The first kappa shape index (κ1) is 11.7. The highest BCUT2D eigenvalue weighted by molar-refractivity contribution is 5.80. The molecular formula is C12H23N3O. The zero-order valence-electron chi connectivity index (χ0n) is 10.3. The van der Waals surface area contributed by atoms with Gasteiger partial charge in [-0.1, -0.05) is 13.8 Å². The first-order chi connectivity index (χ1) is 7.64. The smallest absolute Gasteiger partial charge is 0.191 e. The second-order valence-corrected chi connectivity index (χ2v) is 5.42. The summed E-state index contributed by atoms with van der Waals surface area (Å²) in [5.74, 6) is 1.25. The molecule has 4 nitrogen and oxygen atoms in total. The second-order valence-electron chi connectivity index (χ2n) is 5.42. The maximum Gasteiger partial charge on any atom is 0.191 e. The van der Waals surface area contributed by atoms with E-state index in [1.807, 2.05) is 0 Å². The lowest BCUT2D eigenvalue weighted by Crippen LogP contribution is -2.45. The molecule has 1 aliphatic heterocycles. The fraction of sp³-hybridized carbons (Fsp3) is 0.917. The zero-order chi connectivity index (χ0) is 11.6. The van der Waals surface area contributed by atoms with Crippen molar-refractivity contribution in [2.24, 2.45) is 16.3 Å². The van der Waals surface area contributed by atoms with E-state index < -0.39 is 0 Å². The number of aliphatic hydroxyl groups excluding tert-OH is 1. The molecule has 1 heterocycles. The quantitative estimate of drug-likeness (QED) is 0.661. The van der Waals surface area contributed by atoms with Crippen molar-refractivity contribution in [2.45, 2.75) is 39.2 Å². The Balaban J connectivity index is 1.83. The molecule has 1 aliphatic carbocycles. The third-order valence-electron chi connectivity index (χ3n) is 3.66. The molecule has 0 aromatic carbocycles. The molecule has 92 valence electrons. The number of aliphatic imine (C=N–C) groups is 1. The van der Waals surface area contributed by atoms with Crippen LogP contribution in [-0.2, 0) is 0 Å². The van der Waals surface area contributed by atoms with E-state index in [-0.39, 0.29) is 11.5 Å². The van der Waals surface area contributed by atoms with Gasteiger partial charge in [0.25, 0.3) is 0 Å². The molecule has 0 bridgehead atoms. The SMILES string of the molecule is CC(C)C(O)C1(CNC2=NCCCN2)CC1. The molecule has 0 aromatic rings. The van der Waals surface area contributed by atoms with Crippen molar-refractivity contribution in [3.63, 3.8) is 0 Å². The Morgan fingerprint density at radius 1 is 1.50 bits per heavy atom. The summed E-state index contributed by atoms with van der Waals surface area (Å²) in [6, 6.07) is 0. The summed E-state index contributed by atoms with van der Waals surface area (Å²) in [5, 5.41) is 16.7. The van der Waals surface area contributed by atoms with Gasteiger partial charge in [0.1, 0.15) is 0 Å². The van der Waals surface area contributed by atoms with E-state index in [1.165, 1.54) is 0 Å². The van der Waals surface area contributed by atoms with Crippen molar-refractivity contribution >= 4 is 5.96 Å². The molecule has 2 rings (SSSR count). The predicted molar refractivity (Wildman–Crippen MR) is 65.4 cm³/mol. The molecule has 0 radical (unpaired) electrons. The first-order valence-corrected chi connectivity index (χ1v) is 6.34. The van der Waals surface area contributed by atoms with E-state index >= 15 is 0 Å². The van der Waals surface area contributed by atoms with Crippen LogP contribution in [-0.4, -0.2) is 36.8 Å². The predicted octanol–water partition coefficient (Wildman–Crippen LogP) is 0.722. The van der Waals surface area contributed by atoms with Gasteiger partial charge in [-0.15, -0.1) is 0 Å². The molecule has 1 fully saturated rings. The van der Waals surface area contributed by atoms with E-state index in [0.717, 1.165) is 44.9 Å². The molecule has 4 heteroatoms. The van der Waals surface area contributed by atoms with Gasteiger partial charge in [-0.3, -0.25) is 4.99 Å². The molecule has 0 amide bonds. The van der Waals surface area contributed by atoms with E-state index in [1.54, 1.807) is 0 Å². The van der Waals surface area contributed by atoms with Gasteiger partial charge in [-0.05, 0) is 25.2 Å². The van der Waals surface area contributed by atoms with Gasteiger partial charge in [-0.2, -0.15) is 0 Å². The van der Waals surface area contributed by atoms with Gasteiger partial charge in [-0.25, -0.2) is 0 Å². The van der Waals surface area contributed by atoms with Crippen LogP contribution in [0.3, 0.4) is 0 Å². The first-order valence-electron chi connectivity index (χ1n) is 6.34. The Bertz CT molecular complexity index is 271. The molecule has 0 aromatic heterocycles. The summed E-state index contributed by atoms with van der Waals surface area (Å²) >= 11 is 0. The normalized spacial score (nSPS) is 24.6. The standard InChI is InChI=1S/C12H23N3O/c1-9(2)10(16)12(4-5-12)8-15-11-13-6-3-7-14-11/h9-10,16H,3-8H2,1-2H3,(H2,13,14,15). The van der Waals surface area contributed by atoms with Crippen LogP contribution in [0.1, 0.15) is 33.1 Å². The molecule has 2 aliphatic rings. The van der Waals surface area contributed by atoms with Crippen molar-refractivity contribution in [1.29, 1.82) is 0 Å². The molecule has 1 unspecified atom stereocenters. The summed E-state index contributed by atoms with van der Waals surface area (Å²) in [4.78, 5) is 4.38. The van der Waals surface area contributed by atoms with E-state index in [0.29, 0.717) is 5.92 Å². The van der Waals surface area contributed by atoms with Gasteiger partial charge >= 0.3 is 0 Å². The number of rotatable bonds is 4. The van der Waals surface area contributed by atoms with Gasteiger partial charge in [0, 0.05) is 25.0 Å². The van der Waals surface area contributed by atoms with Gasteiger partial charge in [0.05, 0.1) is 6.10 Å². The Labute approximate surface area is 97.5 Å². The van der Waals surface area contributed by atoms with Crippen LogP contribution in [0.5, 0.6) is 0 Å². The highest BCUT2D eigenvalue weighted by atomic mass is 16.3. The third kappa shape index (κ3) is 2.48. The highest BCUT2D eigenvalue weighted by Gasteiger charge is 2.49. The molecule has 1 atom stereocenters. The van der Waals surface area contributed by atoms with Crippen molar-refractivity contribution in [3.05, 3.63) is 0 Å². The average molecular weight is 225 g/mol.